The molecule has 0 saturated heterocycles. The zero-order valence-corrected chi connectivity index (χ0v) is 17.0. The maximum absolute atomic E-state index is 13.0. The second-order valence-corrected chi connectivity index (χ2v) is 8.31. The molecule has 0 spiro atoms. The van der Waals surface area contributed by atoms with Crippen LogP contribution in [0.25, 0.3) is 0 Å². The predicted octanol–water partition coefficient (Wildman–Crippen LogP) is 4.66. The molecule has 0 unspecified atom stereocenters. The van der Waals surface area contributed by atoms with Crippen molar-refractivity contribution >= 4 is 11.5 Å². The molecule has 1 atom stereocenters. The highest BCUT2D eigenvalue weighted by Crippen LogP contribution is 2.46. The Hall–Kier alpha value is -2.54. The molecule has 1 N–H and O–H groups in total. The van der Waals surface area contributed by atoms with Crippen LogP contribution in [0.4, 0.5) is 5.69 Å². The number of carbonyl (C=O) groups is 1. The first-order chi connectivity index (χ1) is 12.8. The van der Waals surface area contributed by atoms with Crippen molar-refractivity contribution < 1.29 is 4.79 Å². The summed E-state index contributed by atoms with van der Waals surface area (Å²) in [4.78, 5) is 15.3. The fourth-order valence-electron chi connectivity index (χ4n) is 4.38. The molecule has 1 aromatic carbocycles. The van der Waals surface area contributed by atoms with Gasteiger partial charge in [0.25, 0.3) is 0 Å². The van der Waals surface area contributed by atoms with Gasteiger partial charge < -0.3 is 10.2 Å². The average Bonchev–Trinajstić information content (AvgIpc) is 2.61. The van der Waals surface area contributed by atoms with Gasteiger partial charge in [0.2, 0.25) is 0 Å². The highest BCUT2D eigenvalue weighted by atomic mass is 16.1. The molecule has 0 aromatic heterocycles. The molecule has 0 bridgehead atoms. The van der Waals surface area contributed by atoms with E-state index in [1.165, 1.54) is 5.69 Å². The molecule has 1 aromatic rings. The van der Waals surface area contributed by atoms with E-state index < -0.39 is 0 Å². The summed E-state index contributed by atoms with van der Waals surface area (Å²) >= 11 is 0. The lowest BCUT2D eigenvalue weighted by Gasteiger charge is -2.38. The number of Topliss-reactive ketones (excluding diaryl/α,β-unsaturated/α-hetero) is 1. The molecule has 2 aliphatic rings. The highest BCUT2D eigenvalue weighted by Gasteiger charge is 2.41. The predicted molar refractivity (Wildman–Crippen MR) is 109 cm³/mol. The third-order valence-electron chi connectivity index (χ3n) is 5.72. The molecular formula is C23H29N3O. The minimum atomic E-state index is -0.263. The Balaban J connectivity index is 2.07. The normalized spacial score (nSPS) is 21.5. The zero-order valence-electron chi connectivity index (χ0n) is 17.0. The molecule has 0 fully saturated rings. The Labute approximate surface area is 162 Å². The molecule has 142 valence electrons. The largest absolute Gasteiger partial charge is 0.372 e. The number of hydrogen-bond acceptors (Lipinski definition) is 4. The van der Waals surface area contributed by atoms with Gasteiger partial charge in [-0.3, -0.25) is 4.79 Å². The second kappa shape index (κ2) is 7.23. The molecule has 4 heteroatoms. The number of nitriles is 1. The summed E-state index contributed by atoms with van der Waals surface area (Å²) in [5.74, 6) is -0.104. The first-order valence-electron chi connectivity index (χ1n) is 9.80. The van der Waals surface area contributed by atoms with Crippen molar-refractivity contribution in [2.45, 2.75) is 53.4 Å². The Morgan fingerprint density at radius 2 is 1.81 bits per heavy atom. The van der Waals surface area contributed by atoms with Crippen LogP contribution in [-0.4, -0.2) is 18.9 Å². The second-order valence-electron chi connectivity index (χ2n) is 8.31. The Morgan fingerprint density at radius 1 is 1.19 bits per heavy atom. The minimum absolute atomic E-state index is 0.0511. The van der Waals surface area contributed by atoms with E-state index in [0.717, 1.165) is 42.0 Å². The standard InChI is InChI=1S/C23H29N3O/c1-6-26(7-2)17-10-8-16(9-11-17)21-18(14-24)15(3)25-19-12-23(4,5)13-20(27)22(19)21/h8-11,21,25H,6-7,12-13H2,1-5H3/t21-/m0/s1. The van der Waals surface area contributed by atoms with E-state index in [1.807, 2.05) is 6.92 Å². The lowest BCUT2D eigenvalue weighted by Crippen LogP contribution is -2.36. The van der Waals surface area contributed by atoms with Crippen LogP contribution in [0.15, 0.2) is 46.8 Å². The van der Waals surface area contributed by atoms with Gasteiger partial charge in [-0.1, -0.05) is 26.0 Å². The monoisotopic (exact) mass is 363 g/mol. The van der Waals surface area contributed by atoms with Gasteiger partial charge >= 0.3 is 0 Å². The van der Waals surface area contributed by atoms with E-state index in [-0.39, 0.29) is 17.1 Å². The molecule has 3 rings (SSSR count). The van der Waals surface area contributed by atoms with Crippen LogP contribution in [0, 0.1) is 16.7 Å². The lowest BCUT2D eigenvalue weighted by atomic mass is 9.69. The molecule has 4 nitrogen and oxygen atoms in total. The van der Waals surface area contributed by atoms with Gasteiger partial charge in [-0.25, -0.2) is 0 Å². The quantitative estimate of drug-likeness (QED) is 0.845. The van der Waals surface area contributed by atoms with Crippen molar-refractivity contribution in [2.75, 3.05) is 18.0 Å². The van der Waals surface area contributed by atoms with Crippen LogP contribution in [0.1, 0.15) is 58.9 Å². The van der Waals surface area contributed by atoms with E-state index in [2.05, 4.69) is 68.2 Å². The molecular weight excluding hydrogens is 334 g/mol. The first-order valence-corrected chi connectivity index (χ1v) is 9.80. The maximum atomic E-state index is 13.0. The average molecular weight is 364 g/mol. The van der Waals surface area contributed by atoms with Crippen molar-refractivity contribution in [3.05, 3.63) is 52.4 Å². The minimum Gasteiger partial charge on any atom is -0.372 e. The van der Waals surface area contributed by atoms with Gasteiger partial charge in [-0.15, -0.1) is 0 Å². The third kappa shape index (κ3) is 3.51. The van der Waals surface area contributed by atoms with Crippen LogP contribution in [-0.2, 0) is 4.79 Å². The fraction of sp³-hybridized carbons (Fsp3) is 0.478. The van der Waals surface area contributed by atoms with E-state index in [0.29, 0.717) is 12.0 Å². The van der Waals surface area contributed by atoms with E-state index in [9.17, 15) is 10.1 Å². The van der Waals surface area contributed by atoms with Gasteiger partial charge in [0, 0.05) is 42.2 Å². The summed E-state index contributed by atoms with van der Waals surface area (Å²) in [6.07, 6.45) is 1.36. The number of hydrogen-bond donors (Lipinski definition) is 1. The topological polar surface area (TPSA) is 56.1 Å². The summed E-state index contributed by atoms with van der Waals surface area (Å²) in [7, 11) is 0. The summed E-state index contributed by atoms with van der Waals surface area (Å²) in [5, 5.41) is 13.2. The van der Waals surface area contributed by atoms with E-state index >= 15 is 0 Å². The number of carbonyl (C=O) groups excluding carboxylic acids is 1. The van der Waals surface area contributed by atoms with Crippen LogP contribution in [0.3, 0.4) is 0 Å². The van der Waals surface area contributed by atoms with Crippen LogP contribution < -0.4 is 10.2 Å². The Kier molecular flexibility index (Phi) is 5.15. The number of nitrogens with one attached hydrogen (secondary N) is 1. The van der Waals surface area contributed by atoms with Crippen molar-refractivity contribution in [1.29, 1.82) is 5.26 Å². The summed E-state index contributed by atoms with van der Waals surface area (Å²) < 4.78 is 0. The van der Waals surface area contributed by atoms with Gasteiger partial charge in [-0.2, -0.15) is 5.26 Å². The SMILES string of the molecule is CCN(CC)c1ccc([C@H]2C(C#N)=C(C)NC3=C2C(=O)CC(C)(C)C3)cc1. The van der Waals surface area contributed by atoms with Crippen molar-refractivity contribution in [3.63, 3.8) is 0 Å². The van der Waals surface area contributed by atoms with Crippen molar-refractivity contribution in [2.24, 2.45) is 5.41 Å². The molecule has 1 heterocycles. The van der Waals surface area contributed by atoms with Crippen LogP contribution in [0.5, 0.6) is 0 Å². The number of allylic oxidation sites excluding steroid dienone is 4. The Morgan fingerprint density at radius 3 is 2.37 bits per heavy atom. The van der Waals surface area contributed by atoms with Gasteiger partial charge in [0.05, 0.1) is 17.6 Å². The number of ketones is 1. The number of anilines is 1. The summed E-state index contributed by atoms with van der Waals surface area (Å²) in [6.45, 7) is 12.4. The van der Waals surface area contributed by atoms with Crippen molar-refractivity contribution in [1.82, 2.24) is 5.32 Å². The Bertz CT molecular complexity index is 849. The summed E-state index contributed by atoms with van der Waals surface area (Å²) in [6, 6.07) is 10.7. The summed E-state index contributed by atoms with van der Waals surface area (Å²) in [5.41, 5.74) is 5.42. The molecule has 1 aliphatic carbocycles. The van der Waals surface area contributed by atoms with Gasteiger partial charge in [0.15, 0.2) is 5.78 Å². The van der Waals surface area contributed by atoms with Crippen molar-refractivity contribution in [3.8, 4) is 6.07 Å². The van der Waals surface area contributed by atoms with Crippen LogP contribution >= 0.6 is 0 Å². The highest BCUT2D eigenvalue weighted by molar-refractivity contribution is 6.00. The van der Waals surface area contributed by atoms with Crippen LogP contribution in [0.2, 0.25) is 0 Å². The molecule has 1 aliphatic heterocycles. The molecule has 27 heavy (non-hydrogen) atoms. The lowest BCUT2D eigenvalue weighted by molar-refractivity contribution is -0.118. The third-order valence-corrected chi connectivity index (χ3v) is 5.72. The number of nitrogens with zero attached hydrogens (tertiary/aromatic N) is 2. The van der Waals surface area contributed by atoms with Gasteiger partial charge in [0.1, 0.15) is 0 Å². The number of rotatable bonds is 4. The molecule has 0 amide bonds. The molecule has 0 radical (unpaired) electrons. The van der Waals surface area contributed by atoms with Gasteiger partial charge in [-0.05, 0) is 50.3 Å². The molecule has 0 saturated carbocycles. The van der Waals surface area contributed by atoms with E-state index in [4.69, 9.17) is 0 Å². The number of benzene rings is 1. The van der Waals surface area contributed by atoms with E-state index in [1.54, 1.807) is 0 Å². The smallest absolute Gasteiger partial charge is 0.162 e. The number of dihydropyridines is 1. The zero-order chi connectivity index (χ0) is 19.8. The first kappa shape index (κ1) is 19.2. The fourth-order valence-corrected chi connectivity index (χ4v) is 4.38. The maximum Gasteiger partial charge on any atom is 0.162 e.